The molecule has 2 aliphatic rings. The van der Waals surface area contributed by atoms with E-state index >= 15 is 0 Å². The van der Waals surface area contributed by atoms with Crippen molar-refractivity contribution in [1.29, 1.82) is 0 Å². The summed E-state index contributed by atoms with van der Waals surface area (Å²) in [5.74, 6) is -0.178. The van der Waals surface area contributed by atoms with Crippen LogP contribution in [0.3, 0.4) is 0 Å². The fourth-order valence-corrected chi connectivity index (χ4v) is 4.33. The van der Waals surface area contributed by atoms with Crippen molar-refractivity contribution in [2.45, 2.75) is 19.4 Å². The zero-order valence-corrected chi connectivity index (χ0v) is 20.5. The maximum Gasteiger partial charge on any atom is 0.258 e. The number of carbonyl (C=O) groups is 3. The summed E-state index contributed by atoms with van der Waals surface area (Å²) in [6.45, 7) is 5.65. The molecule has 0 bridgehead atoms. The summed E-state index contributed by atoms with van der Waals surface area (Å²) in [6, 6.07) is 16.7. The van der Waals surface area contributed by atoms with E-state index in [9.17, 15) is 14.4 Å². The van der Waals surface area contributed by atoms with Gasteiger partial charge >= 0.3 is 0 Å². The third-order valence-corrected chi connectivity index (χ3v) is 6.40. The Morgan fingerprint density at radius 2 is 1.75 bits per heavy atom. The summed E-state index contributed by atoms with van der Waals surface area (Å²) >= 11 is 0. The Morgan fingerprint density at radius 1 is 1.00 bits per heavy atom. The molecule has 9 nitrogen and oxygen atoms in total. The number of hydrogen-bond donors (Lipinski definition) is 2. The van der Waals surface area contributed by atoms with E-state index in [0.717, 1.165) is 44.8 Å². The summed E-state index contributed by atoms with van der Waals surface area (Å²) in [5, 5.41) is 5.80. The Balaban J connectivity index is 1.17. The maximum absolute atomic E-state index is 12.6. The van der Waals surface area contributed by atoms with Crippen molar-refractivity contribution in [3.8, 4) is 5.75 Å². The van der Waals surface area contributed by atoms with Crippen molar-refractivity contribution in [1.82, 2.24) is 15.5 Å². The van der Waals surface area contributed by atoms with Gasteiger partial charge in [-0.15, -0.1) is 0 Å². The summed E-state index contributed by atoms with van der Waals surface area (Å²) in [7, 11) is 0. The van der Waals surface area contributed by atoms with E-state index in [-0.39, 0.29) is 36.7 Å². The highest BCUT2D eigenvalue weighted by molar-refractivity contribution is 6.00. The predicted octanol–water partition coefficient (Wildman–Crippen LogP) is 1.57. The molecule has 0 unspecified atom stereocenters. The minimum atomic E-state index is -0.356. The predicted molar refractivity (Wildman–Crippen MR) is 136 cm³/mol. The molecule has 0 saturated carbocycles. The van der Waals surface area contributed by atoms with Gasteiger partial charge in [0.1, 0.15) is 5.75 Å². The number of nitrogens with zero attached hydrogens (tertiary/aromatic N) is 2. The van der Waals surface area contributed by atoms with E-state index in [0.29, 0.717) is 31.1 Å². The van der Waals surface area contributed by atoms with Crippen LogP contribution in [-0.4, -0.2) is 75.2 Å². The Labute approximate surface area is 211 Å². The average Bonchev–Trinajstić information content (AvgIpc) is 3.31. The zero-order chi connectivity index (χ0) is 25.2. The van der Waals surface area contributed by atoms with Crippen molar-refractivity contribution in [2.75, 3.05) is 57.4 Å². The standard InChI is InChI=1S/C27H34N4O5/c32-25(29-18-21-5-2-1-3-6-21)20-36-24-9-7-23(8-10-24)31-19-22(17-26(31)33)27(34)28-11-4-12-30-13-15-35-16-14-30/h1-3,5-10,22H,4,11-20H2,(H,28,34)(H,29,32)/t22-/m0/s1. The number of benzene rings is 2. The molecule has 9 heteroatoms. The molecule has 2 saturated heterocycles. The lowest BCUT2D eigenvalue weighted by molar-refractivity contribution is -0.126. The number of anilines is 1. The highest BCUT2D eigenvalue weighted by atomic mass is 16.5. The third kappa shape index (κ3) is 7.53. The number of amides is 3. The van der Waals surface area contributed by atoms with Crippen LogP contribution < -0.4 is 20.3 Å². The molecule has 2 fully saturated rings. The summed E-state index contributed by atoms with van der Waals surface area (Å²) in [5.41, 5.74) is 1.73. The van der Waals surface area contributed by atoms with Gasteiger partial charge in [0, 0.05) is 44.8 Å². The first-order valence-electron chi connectivity index (χ1n) is 12.5. The Morgan fingerprint density at radius 3 is 2.50 bits per heavy atom. The quantitative estimate of drug-likeness (QED) is 0.460. The first-order valence-corrected chi connectivity index (χ1v) is 12.5. The molecule has 2 aliphatic heterocycles. The van der Waals surface area contributed by atoms with E-state index in [4.69, 9.17) is 9.47 Å². The van der Waals surface area contributed by atoms with E-state index in [1.165, 1.54) is 0 Å². The summed E-state index contributed by atoms with van der Waals surface area (Å²) in [6.07, 6.45) is 1.08. The van der Waals surface area contributed by atoms with Crippen LogP contribution in [0.4, 0.5) is 5.69 Å². The lowest BCUT2D eigenvalue weighted by Gasteiger charge is -2.26. The van der Waals surface area contributed by atoms with E-state index in [2.05, 4.69) is 15.5 Å². The molecule has 2 N–H and O–H groups in total. The fourth-order valence-electron chi connectivity index (χ4n) is 4.33. The monoisotopic (exact) mass is 494 g/mol. The highest BCUT2D eigenvalue weighted by Crippen LogP contribution is 2.27. The van der Waals surface area contributed by atoms with Gasteiger partial charge in [-0.1, -0.05) is 30.3 Å². The van der Waals surface area contributed by atoms with E-state index in [1.807, 2.05) is 30.3 Å². The Hall–Kier alpha value is -3.43. The largest absolute Gasteiger partial charge is 0.484 e. The van der Waals surface area contributed by atoms with Crippen LogP contribution >= 0.6 is 0 Å². The van der Waals surface area contributed by atoms with Crippen LogP contribution in [0.2, 0.25) is 0 Å². The molecular formula is C27H34N4O5. The van der Waals surface area contributed by atoms with Gasteiger partial charge in [0.05, 0.1) is 19.1 Å². The minimum absolute atomic E-state index is 0.0718. The van der Waals surface area contributed by atoms with Gasteiger partial charge in [0.15, 0.2) is 6.61 Å². The second-order valence-corrected chi connectivity index (χ2v) is 9.05. The van der Waals surface area contributed by atoms with Crippen LogP contribution in [0.25, 0.3) is 0 Å². The second kappa shape index (κ2) is 13.0. The average molecular weight is 495 g/mol. The van der Waals surface area contributed by atoms with Crippen molar-refractivity contribution in [2.24, 2.45) is 5.92 Å². The molecule has 4 rings (SSSR count). The second-order valence-electron chi connectivity index (χ2n) is 9.05. The van der Waals surface area contributed by atoms with Crippen molar-refractivity contribution < 1.29 is 23.9 Å². The number of morpholine rings is 1. The third-order valence-electron chi connectivity index (χ3n) is 6.40. The van der Waals surface area contributed by atoms with Gasteiger partial charge in [0.2, 0.25) is 11.8 Å². The molecule has 3 amide bonds. The van der Waals surface area contributed by atoms with E-state index in [1.54, 1.807) is 29.2 Å². The van der Waals surface area contributed by atoms with Crippen molar-refractivity contribution in [3.05, 3.63) is 60.2 Å². The van der Waals surface area contributed by atoms with Crippen LogP contribution in [0.1, 0.15) is 18.4 Å². The Kier molecular flexibility index (Phi) is 9.29. The number of hydrogen-bond acceptors (Lipinski definition) is 6. The van der Waals surface area contributed by atoms with Crippen LogP contribution in [0.5, 0.6) is 5.75 Å². The number of carbonyl (C=O) groups excluding carboxylic acids is 3. The SMILES string of the molecule is O=C(COc1ccc(N2C[C@@H](C(=O)NCCCN3CCOCC3)CC2=O)cc1)NCc1ccccc1. The van der Waals surface area contributed by atoms with Crippen LogP contribution in [0, 0.1) is 5.92 Å². The normalized spacial score (nSPS) is 18.2. The molecule has 0 aliphatic carbocycles. The first-order chi connectivity index (χ1) is 17.6. The Bertz CT molecular complexity index is 1010. The van der Waals surface area contributed by atoms with Gasteiger partial charge in [-0.2, -0.15) is 0 Å². The van der Waals surface area contributed by atoms with Gasteiger partial charge in [0.25, 0.3) is 5.91 Å². The topological polar surface area (TPSA) is 100 Å². The number of nitrogens with one attached hydrogen (secondary N) is 2. The van der Waals surface area contributed by atoms with Gasteiger partial charge in [-0.05, 0) is 42.8 Å². The molecular weight excluding hydrogens is 460 g/mol. The molecule has 0 radical (unpaired) electrons. The van der Waals surface area contributed by atoms with Crippen LogP contribution in [0.15, 0.2) is 54.6 Å². The number of ether oxygens (including phenoxy) is 2. The molecule has 1 atom stereocenters. The summed E-state index contributed by atoms with van der Waals surface area (Å²) < 4.78 is 10.9. The van der Waals surface area contributed by atoms with Gasteiger partial charge < -0.3 is 25.0 Å². The molecule has 2 aromatic carbocycles. The van der Waals surface area contributed by atoms with Crippen LogP contribution in [-0.2, 0) is 25.7 Å². The highest BCUT2D eigenvalue weighted by Gasteiger charge is 2.35. The van der Waals surface area contributed by atoms with Gasteiger partial charge in [-0.3, -0.25) is 19.3 Å². The molecule has 0 spiro atoms. The first kappa shape index (κ1) is 25.7. The smallest absolute Gasteiger partial charge is 0.258 e. The molecule has 0 aromatic heterocycles. The maximum atomic E-state index is 12.6. The lowest BCUT2D eigenvalue weighted by Crippen LogP contribution is -2.39. The zero-order valence-electron chi connectivity index (χ0n) is 20.5. The molecule has 36 heavy (non-hydrogen) atoms. The van der Waals surface area contributed by atoms with Crippen molar-refractivity contribution in [3.63, 3.8) is 0 Å². The summed E-state index contributed by atoms with van der Waals surface area (Å²) in [4.78, 5) is 41.2. The van der Waals surface area contributed by atoms with E-state index < -0.39 is 0 Å². The lowest BCUT2D eigenvalue weighted by atomic mass is 10.1. The molecule has 192 valence electrons. The minimum Gasteiger partial charge on any atom is -0.484 e. The molecule has 2 aromatic rings. The molecule has 2 heterocycles. The number of rotatable bonds is 11. The van der Waals surface area contributed by atoms with Gasteiger partial charge in [-0.25, -0.2) is 0 Å². The van der Waals surface area contributed by atoms with Crippen molar-refractivity contribution >= 4 is 23.4 Å². The fraction of sp³-hybridized carbons (Fsp3) is 0.444.